The monoisotopic (exact) mass is 460 g/mol. The number of alkyl halides is 3. The van der Waals surface area contributed by atoms with Gasteiger partial charge in [-0.25, -0.2) is 9.97 Å². The highest BCUT2D eigenvalue weighted by Gasteiger charge is 2.30. The van der Waals surface area contributed by atoms with Gasteiger partial charge in [0.05, 0.1) is 22.3 Å². The molecule has 2 aromatic carbocycles. The van der Waals surface area contributed by atoms with Gasteiger partial charge in [-0.3, -0.25) is 9.78 Å². The molecule has 34 heavy (non-hydrogen) atoms. The van der Waals surface area contributed by atoms with Crippen LogP contribution in [-0.2, 0) is 6.18 Å². The topological polar surface area (TPSA) is 91.8 Å². The molecular weight excluding hydrogens is 445 g/mol. The van der Waals surface area contributed by atoms with Gasteiger partial charge in [0.15, 0.2) is 0 Å². The molecule has 0 amide bonds. The minimum absolute atomic E-state index is 0.0171. The Morgan fingerprint density at radius 2 is 1.62 bits per heavy atom. The zero-order valence-corrected chi connectivity index (χ0v) is 17.3. The van der Waals surface area contributed by atoms with Gasteiger partial charge < -0.3 is 10.1 Å². The second-order valence-corrected chi connectivity index (χ2v) is 7.53. The van der Waals surface area contributed by atoms with Crippen LogP contribution in [0.3, 0.4) is 0 Å². The zero-order valence-electron chi connectivity index (χ0n) is 17.3. The number of aromatic amines is 1. The van der Waals surface area contributed by atoms with Gasteiger partial charge in [0, 0.05) is 29.1 Å². The van der Waals surface area contributed by atoms with Crippen LogP contribution in [0.15, 0.2) is 83.9 Å². The average molecular weight is 460 g/mol. The minimum Gasteiger partial charge on any atom is -0.508 e. The van der Waals surface area contributed by atoms with Gasteiger partial charge in [-0.1, -0.05) is 24.3 Å². The van der Waals surface area contributed by atoms with Crippen LogP contribution in [0.5, 0.6) is 5.75 Å². The molecular formula is C25H15F3N4O2. The van der Waals surface area contributed by atoms with E-state index in [9.17, 15) is 23.1 Å². The number of fused-ring (bicyclic) bond motifs is 1. The third kappa shape index (κ3) is 3.99. The van der Waals surface area contributed by atoms with Crippen molar-refractivity contribution in [2.45, 2.75) is 6.18 Å². The van der Waals surface area contributed by atoms with Crippen LogP contribution in [-0.4, -0.2) is 25.0 Å². The lowest BCUT2D eigenvalue weighted by Crippen LogP contribution is -2.11. The number of halogens is 3. The SMILES string of the molecule is O=c1[nH]c(-c2cccc(O)c2)nc2c(-c3cccnc3)nc(-c3ccc(C(F)(F)F)cc3)cc12. The van der Waals surface area contributed by atoms with Crippen molar-refractivity contribution in [2.24, 2.45) is 0 Å². The van der Waals surface area contributed by atoms with Gasteiger partial charge in [-0.2, -0.15) is 13.2 Å². The van der Waals surface area contributed by atoms with Crippen molar-refractivity contribution < 1.29 is 18.3 Å². The van der Waals surface area contributed by atoms with Gasteiger partial charge in [0.1, 0.15) is 17.1 Å². The van der Waals surface area contributed by atoms with Crippen LogP contribution in [0, 0.1) is 0 Å². The number of aromatic nitrogens is 4. The van der Waals surface area contributed by atoms with Crippen molar-refractivity contribution in [1.29, 1.82) is 0 Å². The van der Waals surface area contributed by atoms with Crippen molar-refractivity contribution in [2.75, 3.05) is 0 Å². The van der Waals surface area contributed by atoms with Crippen LogP contribution < -0.4 is 5.56 Å². The molecule has 0 unspecified atom stereocenters. The van der Waals surface area contributed by atoms with E-state index in [1.165, 1.54) is 30.3 Å². The Hall–Kier alpha value is -4.53. The second kappa shape index (κ2) is 8.11. The number of phenolic OH excluding ortho intramolecular Hbond substituents is 1. The summed E-state index contributed by atoms with van der Waals surface area (Å²) in [6.07, 6.45) is -1.31. The maximum Gasteiger partial charge on any atom is 0.416 e. The Morgan fingerprint density at radius 3 is 2.29 bits per heavy atom. The smallest absolute Gasteiger partial charge is 0.416 e. The molecule has 0 aliphatic rings. The summed E-state index contributed by atoms with van der Waals surface area (Å²) in [7, 11) is 0. The Balaban J connectivity index is 1.75. The normalized spacial score (nSPS) is 11.6. The molecule has 3 aromatic heterocycles. The quantitative estimate of drug-likeness (QED) is 0.374. The van der Waals surface area contributed by atoms with Crippen LogP contribution >= 0.6 is 0 Å². The highest BCUT2D eigenvalue weighted by molar-refractivity contribution is 5.94. The van der Waals surface area contributed by atoms with Crippen molar-refractivity contribution in [3.05, 3.63) is 95.0 Å². The summed E-state index contributed by atoms with van der Waals surface area (Å²) in [5.74, 6) is 0.256. The van der Waals surface area contributed by atoms with Crippen LogP contribution in [0.4, 0.5) is 13.2 Å². The number of aromatic hydroxyl groups is 1. The van der Waals surface area contributed by atoms with Gasteiger partial charge in [0.2, 0.25) is 0 Å². The van der Waals surface area contributed by atoms with Gasteiger partial charge in [-0.05, 0) is 42.5 Å². The van der Waals surface area contributed by atoms with Crippen molar-refractivity contribution >= 4 is 10.9 Å². The van der Waals surface area contributed by atoms with Crippen molar-refractivity contribution in [1.82, 2.24) is 19.9 Å². The average Bonchev–Trinajstić information content (AvgIpc) is 2.83. The van der Waals surface area contributed by atoms with Crippen molar-refractivity contribution in [3.63, 3.8) is 0 Å². The highest BCUT2D eigenvalue weighted by atomic mass is 19.4. The Morgan fingerprint density at radius 1 is 0.853 bits per heavy atom. The molecule has 0 saturated carbocycles. The van der Waals surface area contributed by atoms with E-state index in [4.69, 9.17) is 0 Å². The van der Waals surface area contributed by atoms with E-state index in [0.29, 0.717) is 33.6 Å². The molecule has 2 N–H and O–H groups in total. The van der Waals surface area contributed by atoms with Crippen LogP contribution in [0.2, 0.25) is 0 Å². The fourth-order valence-corrected chi connectivity index (χ4v) is 3.61. The molecule has 5 aromatic rings. The summed E-state index contributed by atoms with van der Waals surface area (Å²) in [4.78, 5) is 29.1. The standard InChI is InChI=1S/C25H15F3N4O2/c26-25(27,28)17-8-6-14(7-9-17)20-12-19-22(21(30-20)16-4-2-10-29-13-16)31-23(32-24(19)34)15-3-1-5-18(33)11-15/h1-13,33H,(H,31,32,34). The molecule has 5 rings (SSSR count). The molecule has 0 saturated heterocycles. The molecule has 0 aliphatic carbocycles. The van der Waals surface area contributed by atoms with E-state index in [0.717, 1.165) is 12.1 Å². The lowest BCUT2D eigenvalue weighted by molar-refractivity contribution is -0.137. The number of nitrogens with zero attached hydrogens (tertiary/aromatic N) is 3. The van der Waals surface area contributed by atoms with E-state index in [-0.39, 0.29) is 17.0 Å². The summed E-state index contributed by atoms with van der Waals surface area (Å²) < 4.78 is 38.9. The fourth-order valence-electron chi connectivity index (χ4n) is 3.61. The number of phenols is 1. The third-order valence-electron chi connectivity index (χ3n) is 5.26. The number of rotatable bonds is 3. The van der Waals surface area contributed by atoms with Gasteiger partial charge in [0.25, 0.3) is 5.56 Å². The first-order chi connectivity index (χ1) is 16.3. The summed E-state index contributed by atoms with van der Waals surface area (Å²) in [5, 5.41) is 10.0. The lowest BCUT2D eigenvalue weighted by Gasteiger charge is -2.11. The maximum atomic E-state index is 13.1. The number of H-pyrrole nitrogens is 1. The van der Waals surface area contributed by atoms with E-state index < -0.39 is 17.3 Å². The highest BCUT2D eigenvalue weighted by Crippen LogP contribution is 2.33. The van der Waals surface area contributed by atoms with E-state index >= 15 is 0 Å². The lowest BCUT2D eigenvalue weighted by atomic mass is 10.0. The first kappa shape index (κ1) is 21.3. The molecule has 9 heteroatoms. The summed E-state index contributed by atoms with van der Waals surface area (Å²) in [6.45, 7) is 0. The third-order valence-corrected chi connectivity index (χ3v) is 5.26. The molecule has 0 bridgehead atoms. The molecule has 168 valence electrons. The summed E-state index contributed by atoms with van der Waals surface area (Å²) in [5.41, 5.74) is 1.24. The summed E-state index contributed by atoms with van der Waals surface area (Å²) in [6, 6.07) is 15.8. The Bertz CT molecular complexity index is 1560. The number of benzene rings is 2. The van der Waals surface area contributed by atoms with Crippen LogP contribution in [0.1, 0.15) is 5.56 Å². The number of pyridine rings is 2. The molecule has 6 nitrogen and oxygen atoms in total. The number of hydrogen-bond acceptors (Lipinski definition) is 5. The Kier molecular flexibility index (Phi) is 5.09. The van der Waals surface area contributed by atoms with Gasteiger partial charge in [-0.15, -0.1) is 0 Å². The predicted octanol–water partition coefficient (Wildman–Crippen LogP) is 5.44. The van der Waals surface area contributed by atoms with E-state index in [1.54, 1.807) is 36.7 Å². The predicted molar refractivity (Wildman–Crippen MR) is 121 cm³/mol. The minimum atomic E-state index is -4.46. The molecule has 0 fully saturated rings. The molecule has 0 atom stereocenters. The number of hydrogen-bond donors (Lipinski definition) is 2. The van der Waals surface area contributed by atoms with Crippen molar-refractivity contribution in [3.8, 4) is 39.7 Å². The van der Waals surface area contributed by atoms with Crippen LogP contribution in [0.25, 0.3) is 44.8 Å². The molecule has 0 radical (unpaired) electrons. The zero-order chi connectivity index (χ0) is 23.9. The largest absolute Gasteiger partial charge is 0.508 e. The number of nitrogens with one attached hydrogen (secondary N) is 1. The first-order valence-electron chi connectivity index (χ1n) is 10.1. The second-order valence-electron chi connectivity index (χ2n) is 7.53. The molecule has 0 aliphatic heterocycles. The fraction of sp³-hybridized carbons (Fsp3) is 0.0400. The molecule has 3 heterocycles. The maximum absolute atomic E-state index is 13.1. The Labute approximate surface area is 190 Å². The molecule has 0 spiro atoms. The van der Waals surface area contributed by atoms with Gasteiger partial charge >= 0.3 is 6.18 Å². The van der Waals surface area contributed by atoms with E-state index in [1.807, 2.05) is 0 Å². The summed E-state index contributed by atoms with van der Waals surface area (Å²) >= 11 is 0. The van der Waals surface area contributed by atoms with E-state index in [2.05, 4.69) is 19.9 Å². The first-order valence-corrected chi connectivity index (χ1v) is 10.1.